The Balaban J connectivity index is 3.20. The molecule has 1 unspecified atom stereocenters. The van der Waals surface area contributed by atoms with Crippen molar-refractivity contribution in [3.8, 4) is 12.3 Å². The smallest absolute Gasteiger partial charge is 0.304 e. The lowest BCUT2D eigenvalue weighted by Crippen LogP contribution is -2.22. The van der Waals surface area contributed by atoms with Crippen molar-refractivity contribution < 1.29 is 10.0 Å². The van der Waals surface area contributed by atoms with Crippen LogP contribution in [-0.2, 0) is 0 Å². The lowest BCUT2D eigenvalue weighted by atomic mass is 10.3. The van der Waals surface area contributed by atoms with E-state index in [9.17, 15) is 15.2 Å². The van der Waals surface area contributed by atoms with Crippen LogP contribution in [0.3, 0.4) is 0 Å². The van der Waals surface area contributed by atoms with Gasteiger partial charge in [0.15, 0.2) is 5.00 Å². The van der Waals surface area contributed by atoms with E-state index < -0.39 is 11.0 Å². The van der Waals surface area contributed by atoms with E-state index in [2.05, 4.69) is 5.92 Å². The molecule has 1 atom stereocenters. The maximum Gasteiger partial charge on any atom is 0.304 e. The molecule has 0 aliphatic carbocycles. The molecule has 0 aliphatic rings. The van der Waals surface area contributed by atoms with Gasteiger partial charge in [-0.2, -0.15) is 0 Å². The van der Waals surface area contributed by atoms with Crippen molar-refractivity contribution in [1.82, 2.24) is 0 Å². The second kappa shape index (κ2) is 5.66. The van der Waals surface area contributed by atoms with Crippen LogP contribution < -0.4 is 4.90 Å². The van der Waals surface area contributed by atoms with Gasteiger partial charge in [0, 0.05) is 17.5 Å². The Kier molecular flexibility index (Phi) is 4.49. The minimum atomic E-state index is -0.711. The Labute approximate surface area is 104 Å². The van der Waals surface area contributed by atoms with Gasteiger partial charge in [-0.05, 0) is 13.8 Å². The molecule has 0 fully saturated rings. The zero-order chi connectivity index (χ0) is 13.0. The lowest BCUT2D eigenvalue weighted by molar-refractivity contribution is -0.383. The first kappa shape index (κ1) is 13.5. The first-order valence-electron chi connectivity index (χ1n) is 5.15. The van der Waals surface area contributed by atoms with Gasteiger partial charge in [0.1, 0.15) is 0 Å². The number of terminal acetylenes is 1. The van der Waals surface area contributed by atoms with E-state index >= 15 is 0 Å². The van der Waals surface area contributed by atoms with Crippen LogP contribution in [0, 0.1) is 22.5 Å². The summed E-state index contributed by atoms with van der Waals surface area (Å²) in [5, 5.41) is 20.9. The van der Waals surface area contributed by atoms with Crippen molar-refractivity contribution >= 4 is 22.0 Å². The first-order chi connectivity index (χ1) is 8.01. The molecule has 92 valence electrons. The van der Waals surface area contributed by atoms with Crippen LogP contribution in [0.5, 0.6) is 0 Å². The van der Waals surface area contributed by atoms with E-state index in [-0.39, 0.29) is 5.69 Å². The highest BCUT2D eigenvalue weighted by Gasteiger charge is 2.24. The van der Waals surface area contributed by atoms with Crippen molar-refractivity contribution in [3.05, 3.63) is 21.1 Å². The molecule has 0 saturated heterocycles. The molecule has 1 N–H and O–H groups in total. The molecule has 0 aliphatic heterocycles. The van der Waals surface area contributed by atoms with E-state index in [1.165, 1.54) is 17.4 Å². The molecule has 0 aromatic carbocycles. The Hall–Kier alpha value is -1.58. The molecule has 0 saturated carbocycles. The number of aliphatic hydroxyl groups is 1. The molecule has 0 amide bonds. The van der Waals surface area contributed by atoms with Crippen molar-refractivity contribution in [1.29, 1.82) is 0 Å². The van der Waals surface area contributed by atoms with E-state index in [0.717, 1.165) is 0 Å². The molecular weight excluding hydrogens is 240 g/mol. The average molecular weight is 254 g/mol. The quantitative estimate of drug-likeness (QED) is 0.497. The minimum Gasteiger partial charge on any atom is -0.388 e. The highest BCUT2D eigenvalue weighted by atomic mass is 32.1. The minimum absolute atomic E-state index is 0.00278. The van der Waals surface area contributed by atoms with Crippen molar-refractivity contribution in [3.63, 3.8) is 0 Å². The van der Waals surface area contributed by atoms with Crippen LogP contribution in [0.25, 0.3) is 0 Å². The number of nitro groups is 1. The molecule has 0 spiro atoms. The fraction of sp³-hybridized carbons (Fsp3) is 0.455. The lowest BCUT2D eigenvalue weighted by Gasteiger charge is -2.17. The summed E-state index contributed by atoms with van der Waals surface area (Å²) in [7, 11) is 0. The van der Waals surface area contributed by atoms with Crippen molar-refractivity contribution in [2.24, 2.45) is 0 Å². The van der Waals surface area contributed by atoms with Gasteiger partial charge in [-0.15, -0.1) is 17.8 Å². The predicted molar refractivity (Wildman–Crippen MR) is 68.3 cm³/mol. The Morgan fingerprint density at radius 3 is 2.82 bits per heavy atom. The van der Waals surface area contributed by atoms with Gasteiger partial charge in [0.2, 0.25) is 0 Å². The molecule has 5 nitrogen and oxygen atoms in total. The van der Waals surface area contributed by atoms with Crippen LogP contribution >= 0.6 is 11.3 Å². The van der Waals surface area contributed by atoms with E-state index in [1.807, 2.05) is 6.92 Å². The monoisotopic (exact) mass is 254 g/mol. The molecule has 1 heterocycles. The molecule has 1 rings (SSSR count). The standard InChI is InChI=1S/C11H14N2O3S/c1-4-6-12(5-2)11-9(13(15)16)7-10(17-11)8(3)14/h1,7-8,14H,5-6H2,2-3H3. The summed E-state index contributed by atoms with van der Waals surface area (Å²) < 4.78 is 0. The fourth-order valence-corrected chi connectivity index (χ4v) is 2.52. The number of hydrogen-bond acceptors (Lipinski definition) is 5. The average Bonchev–Trinajstić information content (AvgIpc) is 2.70. The highest BCUT2D eigenvalue weighted by Crippen LogP contribution is 2.39. The second-order valence-electron chi connectivity index (χ2n) is 3.49. The molecule has 6 heteroatoms. The highest BCUT2D eigenvalue weighted by molar-refractivity contribution is 7.16. The van der Waals surface area contributed by atoms with Gasteiger partial charge in [-0.3, -0.25) is 10.1 Å². The van der Waals surface area contributed by atoms with Gasteiger partial charge in [0.25, 0.3) is 0 Å². The Morgan fingerprint density at radius 2 is 2.41 bits per heavy atom. The van der Waals surface area contributed by atoms with Gasteiger partial charge >= 0.3 is 5.69 Å². The van der Waals surface area contributed by atoms with E-state index in [4.69, 9.17) is 6.42 Å². The second-order valence-corrected chi connectivity index (χ2v) is 4.55. The molecule has 1 aromatic heterocycles. The third kappa shape index (κ3) is 2.96. The topological polar surface area (TPSA) is 66.6 Å². The summed E-state index contributed by atoms with van der Waals surface area (Å²) in [4.78, 5) is 12.8. The first-order valence-corrected chi connectivity index (χ1v) is 5.97. The summed E-state index contributed by atoms with van der Waals surface area (Å²) in [6, 6.07) is 1.41. The summed E-state index contributed by atoms with van der Waals surface area (Å²) >= 11 is 1.21. The van der Waals surface area contributed by atoms with Gasteiger partial charge in [-0.25, -0.2) is 0 Å². The normalized spacial score (nSPS) is 11.9. The maximum atomic E-state index is 10.9. The van der Waals surface area contributed by atoms with E-state index in [1.54, 1.807) is 11.8 Å². The SMILES string of the molecule is C#CCN(CC)c1sc(C(C)O)cc1[N+](=O)[O-]. The molecule has 0 radical (unpaired) electrons. The van der Waals surface area contributed by atoms with Crippen LogP contribution in [0.1, 0.15) is 24.8 Å². The predicted octanol–water partition coefficient (Wildman–Crippen LogP) is 2.17. The summed E-state index contributed by atoms with van der Waals surface area (Å²) in [5.41, 5.74) is 0.00278. The number of aliphatic hydroxyl groups excluding tert-OH is 1. The Bertz CT molecular complexity index is 448. The van der Waals surface area contributed by atoms with Crippen molar-refractivity contribution in [2.75, 3.05) is 18.0 Å². The van der Waals surface area contributed by atoms with Crippen LogP contribution in [0.4, 0.5) is 10.7 Å². The summed E-state index contributed by atoms with van der Waals surface area (Å²) in [6.07, 6.45) is 4.52. The molecule has 0 bridgehead atoms. The van der Waals surface area contributed by atoms with E-state index in [0.29, 0.717) is 23.0 Å². The number of rotatable bonds is 5. The van der Waals surface area contributed by atoms with Crippen LogP contribution in [0.2, 0.25) is 0 Å². The van der Waals surface area contributed by atoms with Gasteiger partial charge in [-0.1, -0.05) is 5.92 Å². The maximum absolute atomic E-state index is 10.9. The zero-order valence-electron chi connectivity index (χ0n) is 9.71. The molecule has 1 aromatic rings. The van der Waals surface area contributed by atoms with Crippen molar-refractivity contribution in [2.45, 2.75) is 20.0 Å². The van der Waals surface area contributed by atoms with Gasteiger partial charge in [0.05, 0.1) is 17.6 Å². The molecular formula is C11H14N2O3S. The number of anilines is 1. The van der Waals surface area contributed by atoms with Crippen LogP contribution in [0.15, 0.2) is 6.07 Å². The third-order valence-electron chi connectivity index (χ3n) is 2.27. The third-order valence-corrected chi connectivity index (χ3v) is 3.63. The number of thiophene rings is 1. The number of hydrogen-bond donors (Lipinski definition) is 1. The molecule has 17 heavy (non-hydrogen) atoms. The largest absolute Gasteiger partial charge is 0.388 e. The summed E-state index contributed by atoms with van der Waals surface area (Å²) in [6.45, 7) is 4.36. The zero-order valence-corrected chi connectivity index (χ0v) is 10.5. The van der Waals surface area contributed by atoms with Gasteiger partial charge < -0.3 is 10.0 Å². The number of nitrogens with zero attached hydrogens (tertiary/aromatic N) is 2. The fourth-order valence-electron chi connectivity index (χ4n) is 1.39. The Morgan fingerprint density at radius 1 is 1.76 bits per heavy atom. The van der Waals surface area contributed by atoms with Crippen LogP contribution in [-0.4, -0.2) is 23.1 Å². The summed E-state index contributed by atoms with van der Waals surface area (Å²) in [5.74, 6) is 2.47.